The molecule has 1 aliphatic rings. The predicted octanol–water partition coefficient (Wildman–Crippen LogP) is 3.66. The second-order valence-electron chi connectivity index (χ2n) is 7.40. The number of hydrogen-bond donors (Lipinski definition) is 1. The summed E-state index contributed by atoms with van der Waals surface area (Å²) < 4.78 is 18.2. The van der Waals surface area contributed by atoms with Crippen molar-refractivity contribution in [1.29, 1.82) is 0 Å². The van der Waals surface area contributed by atoms with Gasteiger partial charge in [-0.05, 0) is 43.5 Å². The number of ether oxygens (including phenoxy) is 2. The third-order valence-electron chi connectivity index (χ3n) is 5.24. The maximum Gasteiger partial charge on any atom is 0.234 e. The van der Waals surface area contributed by atoms with Crippen LogP contribution in [0.4, 0.5) is 11.6 Å². The molecule has 1 aliphatic heterocycles. The third kappa shape index (κ3) is 5.18. The maximum absolute atomic E-state index is 12.7. The lowest BCUT2D eigenvalue weighted by atomic mass is 10.1. The number of methoxy groups -OCH3 is 2. The van der Waals surface area contributed by atoms with Gasteiger partial charge in [0.1, 0.15) is 17.3 Å². The van der Waals surface area contributed by atoms with Crippen LogP contribution in [-0.4, -0.2) is 53.7 Å². The summed E-state index contributed by atoms with van der Waals surface area (Å²) in [5, 5.41) is 12.4. The number of benzene rings is 1. The molecule has 1 fully saturated rings. The monoisotopic (exact) mass is 457 g/mol. The first-order valence-electron chi connectivity index (χ1n) is 10.5. The van der Waals surface area contributed by atoms with E-state index < -0.39 is 0 Å². The molecule has 3 aromatic rings. The smallest absolute Gasteiger partial charge is 0.234 e. The summed E-state index contributed by atoms with van der Waals surface area (Å²) in [4.78, 5) is 14.9. The summed E-state index contributed by atoms with van der Waals surface area (Å²) in [6.07, 6.45) is 5.17. The van der Waals surface area contributed by atoms with Crippen molar-refractivity contribution in [2.75, 3.05) is 43.3 Å². The SMILES string of the molecule is COc1ccc(OC)c(NC(=O)CSc2nnc(N3CCCCC3)n2Cc2ccco2)c1. The lowest BCUT2D eigenvalue weighted by Crippen LogP contribution is -2.32. The maximum atomic E-state index is 12.7. The number of aromatic nitrogens is 3. The Kier molecular flexibility index (Phi) is 7.21. The van der Waals surface area contributed by atoms with E-state index in [9.17, 15) is 4.79 Å². The molecule has 0 aliphatic carbocycles. The van der Waals surface area contributed by atoms with Crippen molar-refractivity contribution in [2.45, 2.75) is 31.0 Å². The number of anilines is 2. The van der Waals surface area contributed by atoms with Gasteiger partial charge in [0.05, 0.1) is 38.5 Å². The van der Waals surface area contributed by atoms with E-state index in [4.69, 9.17) is 13.9 Å². The van der Waals surface area contributed by atoms with Crippen molar-refractivity contribution in [3.8, 4) is 11.5 Å². The van der Waals surface area contributed by atoms with Gasteiger partial charge in [-0.25, -0.2) is 0 Å². The van der Waals surface area contributed by atoms with Crippen LogP contribution in [-0.2, 0) is 11.3 Å². The number of thioether (sulfide) groups is 1. The highest BCUT2D eigenvalue weighted by atomic mass is 32.2. The Bertz CT molecular complexity index is 1030. The minimum Gasteiger partial charge on any atom is -0.497 e. The molecule has 2 aromatic heterocycles. The summed E-state index contributed by atoms with van der Waals surface area (Å²) >= 11 is 1.34. The van der Waals surface area contributed by atoms with Crippen LogP contribution in [0.25, 0.3) is 0 Å². The minimum atomic E-state index is -0.173. The Morgan fingerprint density at radius 3 is 2.72 bits per heavy atom. The first-order chi connectivity index (χ1) is 15.7. The molecule has 1 aromatic carbocycles. The molecule has 0 radical (unpaired) electrons. The summed E-state index contributed by atoms with van der Waals surface area (Å²) in [5.41, 5.74) is 0.559. The van der Waals surface area contributed by atoms with Crippen LogP contribution < -0.4 is 19.7 Å². The van der Waals surface area contributed by atoms with Gasteiger partial charge < -0.3 is 24.1 Å². The fourth-order valence-electron chi connectivity index (χ4n) is 3.64. The van der Waals surface area contributed by atoms with Crippen molar-refractivity contribution in [2.24, 2.45) is 0 Å². The lowest BCUT2D eigenvalue weighted by Gasteiger charge is -2.27. The van der Waals surface area contributed by atoms with Gasteiger partial charge >= 0.3 is 0 Å². The zero-order chi connectivity index (χ0) is 22.3. The highest BCUT2D eigenvalue weighted by Gasteiger charge is 2.22. The molecule has 0 spiro atoms. The molecule has 1 N–H and O–H groups in total. The Hall–Kier alpha value is -3.14. The van der Waals surface area contributed by atoms with Crippen molar-refractivity contribution >= 4 is 29.3 Å². The predicted molar refractivity (Wildman–Crippen MR) is 123 cm³/mol. The largest absolute Gasteiger partial charge is 0.497 e. The van der Waals surface area contributed by atoms with E-state index in [-0.39, 0.29) is 11.7 Å². The molecule has 0 atom stereocenters. The molecule has 1 amide bonds. The minimum absolute atomic E-state index is 0.173. The topological polar surface area (TPSA) is 94.6 Å². The van der Waals surface area contributed by atoms with Gasteiger partial charge in [0.2, 0.25) is 11.9 Å². The first kappa shape index (κ1) is 22.1. The number of carbonyl (C=O) groups is 1. The summed E-state index contributed by atoms with van der Waals surface area (Å²) in [7, 11) is 3.14. The number of amides is 1. The van der Waals surface area contributed by atoms with Crippen LogP contribution in [0.2, 0.25) is 0 Å². The van der Waals surface area contributed by atoms with E-state index >= 15 is 0 Å². The van der Waals surface area contributed by atoms with E-state index in [1.54, 1.807) is 38.7 Å². The summed E-state index contributed by atoms with van der Waals surface area (Å²) in [5.74, 6) is 2.84. The number of nitrogens with zero attached hydrogens (tertiary/aromatic N) is 4. The first-order valence-corrected chi connectivity index (χ1v) is 11.5. The van der Waals surface area contributed by atoms with E-state index in [1.165, 1.54) is 18.2 Å². The molecular formula is C22H27N5O4S. The van der Waals surface area contributed by atoms with Gasteiger partial charge in [-0.1, -0.05) is 11.8 Å². The molecule has 170 valence electrons. The van der Waals surface area contributed by atoms with Crippen molar-refractivity contribution < 1.29 is 18.7 Å². The van der Waals surface area contributed by atoms with Crippen LogP contribution in [0.1, 0.15) is 25.0 Å². The molecule has 3 heterocycles. The van der Waals surface area contributed by atoms with E-state index in [2.05, 4.69) is 20.4 Å². The Balaban J connectivity index is 1.47. The number of furan rings is 1. The van der Waals surface area contributed by atoms with Crippen LogP contribution in [0.3, 0.4) is 0 Å². The van der Waals surface area contributed by atoms with Crippen molar-refractivity contribution in [3.05, 3.63) is 42.4 Å². The molecule has 0 saturated carbocycles. The van der Waals surface area contributed by atoms with Crippen LogP contribution in [0, 0.1) is 0 Å². The quantitative estimate of drug-likeness (QED) is 0.487. The molecule has 32 heavy (non-hydrogen) atoms. The highest BCUT2D eigenvalue weighted by Crippen LogP contribution is 2.30. The third-order valence-corrected chi connectivity index (χ3v) is 6.21. The summed E-state index contributed by atoms with van der Waals surface area (Å²) in [6, 6.07) is 9.06. The molecular weight excluding hydrogens is 430 g/mol. The molecule has 0 bridgehead atoms. The normalized spacial score (nSPS) is 13.8. The van der Waals surface area contributed by atoms with Crippen molar-refractivity contribution in [1.82, 2.24) is 14.8 Å². The van der Waals surface area contributed by atoms with E-state index in [0.29, 0.717) is 28.9 Å². The van der Waals surface area contributed by atoms with Crippen molar-refractivity contribution in [3.63, 3.8) is 0 Å². The number of hydrogen-bond acceptors (Lipinski definition) is 8. The Labute approximate surface area is 191 Å². The Morgan fingerprint density at radius 2 is 2.00 bits per heavy atom. The lowest BCUT2D eigenvalue weighted by molar-refractivity contribution is -0.113. The van der Waals surface area contributed by atoms with Crippen LogP contribution >= 0.6 is 11.8 Å². The standard InChI is InChI=1S/C22H27N5O4S/c1-29-16-8-9-19(30-2)18(13-16)23-20(28)15-32-22-25-24-21(26-10-4-3-5-11-26)27(22)14-17-7-6-12-31-17/h6-9,12-13H,3-5,10-11,14-15H2,1-2H3,(H,23,28). The summed E-state index contributed by atoms with van der Waals surface area (Å²) in [6.45, 7) is 2.42. The van der Waals surface area contributed by atoms with Crippen LogP contribution in [0.15, 0.2) is 46.2 Å². The zero-order valence-corrected chi connectivity index (χ0v) is 19.1. The van der Waals surface area contributed by atoms with Gasteiger partial charge in [-0.3, -0.25) is 9.36 Å². The number of rotatable bonds is 9. The van der Waals surface area contributed by atoms with Gasteiger partial charge in [0.15, 0.2) is 5.16 Å². The number of nitrogens with one attached hydrogen (secondary N) is 1. The van der Waals surface area contributed by atoms with Gasteiger partial charge in [0.25, 0.3) is 0 Å². The van der Waals surface area contributed by atoms with Gasteiger partial charge in [0, 0.05) is 19.2 Å². The molecule has 1 saturated heterocycles. The fraction of sp³-hybridized carbons (Fsp3) is 0.409. The van der Waals surface area contributed by atoms with E-state index in [1.807, 2.05) is 16.7 Å². The molecule has 4 rings (SSSR count). The molecule has 9 nitrogen and oxygen atoms in total. The number of piperidine rings is 1. The second-order valence-corrected chi connectivity index (χ2v) is 8.34. The Morgan fingerprint density at radius 1 is 1.16 bits per heavy atom. The fourth-order valence-corrected chi connectivity index (χ4v) is 4.37. The highest BCUT2D eigenvalue weighted by molar-refractivity contribution is 7.99. The molecule has 0 unspecified atom stereocenters. The molecule has 10 heteroatoms. The average molecular weight is 458 g/mol. The average Bonchev–Trinajstić information content (AvgIpc) is 3.48. The van der Waals surface area contributed by atoms with Gasteiger partial charge in [-0.15, -0.1) is 10.2 Å². The number of carbonyl (C=O) groups excluding carboxylic acids is 1. The second kappa shape index (κ2) is 10.4. The van der Waals surface area contributed by atoms with Crippen LogP contribution in [0.5, 0.6) is 11.5 Å². The van der Waals surface area contributed by atoms with Gasteiger partial charge in [-0.2, -0.15) is 0 Å². The zero-order valence-electron chi connectivity index (χ0n) is 18.2. The van der Waals surface area contributed by atoms with E-state index in [0.717, 1.165) is 37.6 Å².